The molecule has 1 aromatic rings. The van der Waals surface area contributed by atoms with Crippen LogP contribution in [0.25, 0.3) is 0 Å². The fraction of sp³-hybridized carbons (Fsp3) is 0.273. The highest BCUT2D eigenvalue weighted by molar-refractivity contribution is 5.98. The molecule has 0 aliphatic carbocycles. The maximum Gasteiger partial charge on any atom is 0.305 e. The predicted molar refractivity (Wildman–Crippen MR) is 62.2 cm³/mol. The van der Waals surface area contributed by atoms with Crippen LogP contribution in [0.1, 0.15) is 16.8 Å². The first-order valence-corrected chi connectivity index (χ1v) is 5.34. The Bertz CT molecular complexity index is 576. The number of carboxylic acid groups (broad SMARTS) is 1. The van der Waals surface area contributed by atoms with Crippen molar-refractivity contribution in [1.82, 2.24) is 4.90 Å². The molecule has 0 bridgehead atoms. The average molecular weight is 288 g/mol. The molecule has 0 radical (unpaired) electrons. The standard InChI is InChI=1S/C11H10F2N2O5/c1-14(3-2-10(16)17)11(18)6-4-7(12)8(13)5-9(6)15(19)20/h4-5H,2-3H2,1H3,(H,16,17). The quantitative estimate of drug-likeness (QED) is 0.652. The topological polar surface area (TPSA) is 101 Å². The predicted octanol–water partition coefficient (Wildman–Crippen LogP) is 1.42. The molecule has 0 spiro atoms. The summed E-state index contributed by atoms with van der Waals surface area (Å²) in [7, 11) is 1.20. The van der Waals surface area contributed by atoms with E-state index in [1.54, 1.807) is 0 Å². The van der Waals surface area contributed by atoms with Gasteiger partial charge in [-0.15, -0.1) is 0 Å². The highest BCUT2D eigenvalue weighted by Crippen LogP contribution is 2.23. The molecular weight excluding hydrogens is 278 g/mol. The van der Waals surface area contributed by atoms with Crippen molar-refractivity contribution in [3.05, 3.63) is 39.4 Å². The molecule has 0 heterocycles. The first-order valence-electron chi connectivity index (χ1n) is 5.34. The van der Waals surface area contributed by atoms with Crippen LogP contribution in [-0.2, 0) is 4.79 Å². The van der Waals surface area contributed by atoms with Crippen molar-refractivity contribution in [2.24, 2.45) is 0 Å². The van der Waals surface area contributed by atoms with Crippen molar-refractivity contribution in [3.8, 4) is 0 Å². The lowest BCUT2D eigenvalue weighted by Crippen LogP contribution is -2.29. The van der Waals surface area contributed by atoms with Crippen LogP contribution >= 0.6 is 0 Å². The first-order chi connectivity index (χ1) is 9.23. The Hall–Kier alpha value is -2.58. The lowest BCUT2D eigenvalue weighted by molar-refractivity contribution is -0.385. The zero-order valence-electron chi connectivity index (χ0n) is 10.3. The fourth-order valence-corrected chi connectivity index (χ4v) is 1.43. The molecule has 0 unspecified atom stereocenters. The maximum atomic E-state index is 13.1. The number of aliphatic carboxylic acids is 1. The van der Waals surface area contributed by atoms with Crippen molar-refractivity contribution >= 4 is 17.6 Å². The molecule has 0 saturated carbocycles. The van der Waals surface area contributed by atoms with Gasteiger partial charge < -0.3 is 10.0 Å². The number of hydrogen-bond acceptors (Lipinski definition) is 4. The Morgan fingerprint density at radius 1 is 1.35 bits per heavy atom. The van der Waals surface area contributed by atoms with E-state index in [9.17, 15) is 28.5 Å². The van der Waals surface area contributed by atoms with Crippen LogP contribution in [0.3, 0.4) is 0 Å². The van der Waals surface area contributed by atoms with Crippen LogP contribution in [0.5, 0.6) is 0 Å². The van der Waals surface area contributed by atoms with E-state index in [2.05, 4.69) is 0 Å². The summed E-state index contributed by atoms with van der Waals surface area (Å²) in [4.78, 5) is 32.9. The van der Waals surface area contributed by atoms with Gasteiger partial charge in [0.1, 0.15) is 5.56 Å². The summed E-state index contributed by atoms with van der Waals surface area (Å²) in [6.07, 6.45) is -0.375. The highest BCUT2D eigenvalue weighted by atomic mass is 19.2. The van der Waals surface area contributed by atoms with Crippen LogP contribution in [-0.4, -0.2) is 40.4 Å². The van der Waals surface area contributed by atoms with Gasteiger partial charge in [0.25, 0.3) is 11.6 Å². The summed E-state index contributed by atoms with van der Waals surface area (Å²) in [5.74, 6) is -4.96. The molecule has 0 aromatic heterocycles. The van der Waals surface area contributed by atoms with Crippen LogP contribution in [0.15, 0.2) is 12.1 Å². The number of carbonyl (C=O) groups is 2. The molecule has 0 fully saturated rings. The van der Waals surface area contributed by atoms with Gasteiger partial charge in [-0.25, -0.2) is 8.78 Å². The molecule has 0 aliphatic heterocycles. The highest BCUT2D eigenvalue weighted by Gasteiger charge is 2.26. The molecule has 7 nitrogen and oxygen atoms in total. The number of rotatable bonds is 5. The molecule has 1 aromatic carbocycles. The second kappa shape index (κ2) is 6.04. The van der Waals surface area contributed by atoms with E-state index >= 15 is 0 Å². The Balaban J connectivity index is 3.11. The van der Waals surface area contributed by atoms with E-state index in [4.69, 9.17) is 5.11 Å². The van der Waals surface area contributed by atoms with Crippen LogP contribution in [0.2, 0.25) is 0 Å². The number of hydrogen-bond donors (Lipinski definition) is 1. The number of halogens is 2. The van der Waals surface area contributed by atoms with Gasteiger partial charge in [-0.1, -0.05) is 0 Å². The van der Waals surface area contributed by atoms with Gasteiger partial charge in [-0.3, -0.25) is 19.7 Å². The zero-order chi connectivity index (χ0) is 15.4. The van der Waals surface area contributed by atoms with Crippen molar-refractivity contribution < 1.29 is 28.4 Å². The molecule has 20 heavy (non-hydrogen) atoms. The summed E-state index contributed by atoms with van der Waals surface area (Å²) >= 11 is 0. The van der Waals surface area contributed by atoms with Crippen LogP contribution in [0, 0.1) is 21.7 Å². The van der Waals surface area contributed by atoms with Gasteiger partial charge in [-0.2, -0.15) is 0 Å². The molecular formula is C11H10F2N2O5. The smallest absolute Gasteiger partial charge is 0.305 e. The number of amides is 1. The summed E-state index contributed by atoms with van der Waals surface area (Å²) in [6, 6.07) is 0.737. The summed E-state index contributed by atoms with van der Waals surface area (Å²) in [5, 5.41) is 19.2. The normalized spacial score (nSPS) is 10.2. The van der Waals surface area contributed by atoms with Crippen molar-refractivity contribution in [1.29, 1.82) is 0 Å². The zero-order valence-corrected chi connectivity index (χ0v) is 10.3. The van der Waals surface area contributed by atoms with Crippen LogP contribution < -0.4 is 0 Å². The summed E-state index contributed by atoms with van der Waals surface area (Å²) < 4.78 is 26.1. The SMILES string of the molecule is CN(CCC(=O)O)C(=O)c1cc(F)c(F)cc1[N+](=O)[O-]. The van der Waals surface area contributed by atoms with E-state index < -0.39 is 39.7 Å². The second-order valence-electron chi connectivity index (χ2n) is 3.91. The third-order valence-corrected chi connectivity index (χ3v) is 2.47. The third kappa shape index (κ3) is 3.46. The van der Waals surface area contributed by atoms with E-state index in [1.165, 1.54) is 7.05 Å². The number of carbonyl (C=O) groups excluding carboxylic acids is 1. The van der Waals surface area contributed by atoms with Gasteiger partial charge in [-0.05, 0) is 6.07 Å². The second-order valence-corrected chi connectivity index (χ2v) is 3.91. The minimum absolute atomic E-state index is 0.218. The number of nitro benzene ring substituents is 1. The van der Waals surface area contributed by atoms with E-state index in [0.29, 0.717) is 12.1 Å². The molecule has 1 amide bonds. The Morgan fingerprint density at radius 2 is 1.90 bits per heavy atom. The maximum absolute atomic E-state index is 13.1. The van der Waals surface area contributed by atoms with E-state index in [0.717, 1.165) is 4.90 Å². The molecule has 0 atom stereocenters. The molecule has 108 valence electrons. The lowest BCUT2D eigenvalue weighted by atomic mass is 10.1. The molecule has 1 rings (SSSR count). The fourth-order valence-electron chi connectivity index (χ4n) is 1.43. The van der Waals surface area contributed by atoms with Crippen molar-refractivity contribution in [3.63, 3.8) is 0 Å². The molecule has 0 aliphatic rings. The minimum atomic E-state index is -1.44. The van der Waals surface area contributed by atoms with Crippen LogP contribution in [0.4, 0.5) is 14.5 Å². The molecule has 0 saturated heterocycles. The van der Waals surface area contributed by atoms with Crippen molar-refractivity contribution in [2.75, 3.05) is 13.6 Å². The van der Waals surface area contributed by atoms with Gasteiger partial charge in [0, 0.05) is 13.6 Å². The number of carboxylic acids is 1. The number of benzene rings is 1. The van der Waals surface area contributed by atoms with Gasteiger partial charge >= 0.3 is 5.97 Å². The number of nitrogens with zero attached hydrogens (tertiary/aromatic N) is 2. The molecule has 9 heteroatoms. The Morgan fingerprint density at radius 3 is 2.40 bits per heavy atom. The van der Waals surface area contributed by atoms with E-state index in [-0.39, 0.29) is 13.0 Å². The number of nitro groups is 1. The van der Waals surface area contributed by atoms with Gasteiger partial charge in [0.05, 0.1) is 17.4 Å². The van der Waals surface area contributed by atoms with Gasteiger partial charge in [0.2, 0.25) is 0 Å². The first kappa shape index (κ1) is 15.5. The third-order valence-electron chi connectivity index (χ3n) is 2.47. The lowest BCUT2D eigenvalue weighted by Gasteiger charge is -2.16. The minimum Gasteiger partial charge on any atom is -0.481 e. The average Bonchev–Trinajstić information content (AvgIpc) is 2.37. The van der Waals surface area contributed by atoms with E-state index in [1.807, 2.05) is 0 Å². The molecule has 1 N–H and O–H groups in total. The summed E-state index contributed by atoms with van der Waals surface area (Å²) in [5.41, 5.74) is -1.52. The van der Waals surface area contributed by atoms with Crippen molar-refractivity contribution in [2.45, 2.75) is 6.42 Å². The monoisotopic (exact) mass is 288 g/mol. The Kier molecular flexibility index (Phi) is 4.68. The van der Waals surface area contributed by atoms with Gasteiger partial charge in [0.15, 0.2) is 11.6 Å². The summed E-state index contributed by atoms with van der Waals surface area (Å²) in [6.45, 7) is -0.218. The Labute approximate surface area is 111 Å². The largest absolute Gasteiger partial charge is 0.481 e.